The molecule has 106 valence electrons. The molecule has 2 unspecified atom stereocenters. The Morgan fingerprint density at radius 1 is 1.30 bits per heavy atom. The molecule has 3 N–H and O–H groups in total. The SMILES string of the molecule is Cc1ccc(C)c(C(C)NC(=O)C(N)c2cccs2)c1. The first-order chi connectivity index (χ1) is 9.49. The fraction of sp³-hybridized carbons (Fsp3) is 0.312. The van der Waals surface area contributed by atoms with Crippen LogP contribution < -0.4 is 11.1 Å². The smallest absolute Gasteiger partial charge is 0.242 e. The van der Waals surface area contributed by atoms with Crippen LogP contribution in [0.4, 0.5) is 0 Å². The molecule has 0 aliphatic carbocycles. The highest BCUT2D eigenvalue weighted by molar-refractivity contribution is 7.10. The van der Waals surface area contributed by atoms with E-state index in [9.17, 15) is 4.79 Å². The Hall–Kier alpha value is -1.65. The highest BCUT2D eigenvalue weighted by Gasteiger charge is 2.19. The second-order valence-corrected chi connectivity index (χ2v) is 6.06. The van der Waals surface area contributed by atoms with E-state index in [1.807, 2.05) is 24.4 Å². The van der Waals surface area contributed by atoms with E-state index < -0.39 is 6.04 Å². The standard InChI is InChI=1S/C16H20N2OS/c1-10-6-7-11(2)13(9-10)12(3)18-16(19)15(17)14-5-4-8-20-14/h4-9,12,15H,17H2,1-3H3,(H,18,19). The van der Waals surface area contributed by atoms with Gasteiger partial charge in [0, 0.05) is 4.88 Å². The molecule has 0 aliphatic heterocycles. The molecule has 0 radical (unpaired) electrons. The summed E-state index contributed by atoms with van der Waals surface area (Å²) in [5.41, 5.74) is 9.47. The zero-order chi connectivity index (χ0) is 14.7. The molecule has 2 aromatic rings. The third-order valence-electron chi connectivity index (χ3n) is 3.39. The summed E-state index contributed by atoms with van der Waals surface area (Å²) in [5.74, 6) is -0.138. The van der Waals surface area contributed by atoms with E-state index in [0.29, 0.717) is 0 Å². The zero-order valence-electron chi connectivity index (χ0n) is 12.0. The van der Waals surface area contributed by atoms with Crippen LogP contribution in [-0.4, -0.2) is 5.91 Å². The minimum absolute atomic E-state index is 0.0478. The number of thiophene rings is 1. The van der Waals surface area contributed by atoms with Gasteiger partial charge in [-0.25, -0.2) is 0 Å². The number of amides is 1. The Morgan fingerprint density at radius 3 is 2.70 bits per heavy atom. The molecule has 1 amide bonds. The van der Waals surface area contributed by atoms with Crippen LogP contribution in [0.15, 0.2) is 35.7 Å². The predicted octanol–water partition coefficient (Wildman–Crippen LogP) is 3.24. The number of benzene rings is 1. The Balaban J connectivity index is 2.09. The molecule has 1 aromatic carbocycles. The first-order valence-corrected chi connectivity index (χ1v) is 7.53. The van der Waals surface area contributed by atoms with Crippen molar-refractivity contribution in [2.75, 3.05) is 0 Å². The number of nitrogens with two attached hydrogens (primary N) is 1. The van der Waals surface area contributed by atoms with Crippen molar-refractivity contribution < 1.29 is 4.79 Å². The number of hydrogen-bond acceptors (Lipinski definition) is 3. The number of nitrogens with one attached hydrogen (secondary N) is 1. The minimum atomic E-state index is -0.595. The van der Waals surface area contributed by atoms with E-state index in [0.717, 1.165) is 10.4 Å². The molecule has 0 saturated heterocycles. The van der Waals surface area contributed by atoms with Crippen molar-refractivity contribution in [1.29, 1.82) is 0 Å². The van der Waals surface area contributed by atoms with Crippen molar-refractivity contribution in [2.24, 2.45) is 5.73 Å². The molecular weight excluding hydrogens is 268 g/mol. The highest BCUT2D eigenvalue weighted by Crippen LogP contribution is 2.21. The van der Waals surface area contributed by atoms with Crippen molar-refractivity contribution in [2.45, 2.75) is 32.9 Å². The summed E-state index contributed by atoms with van der Waals surface area (Å²) in [4.78, 5) is 13.1. The number of rotatable bonds is 4. The molecule has 1 aromatic heterocycles. The molecule has 0 fully saturated rings. The van der Waals surface area contributed by atoms with E-state index in [4.69, 9.17) is 5.73 Å². The average molecular weight is 288 g/mol. The summed E-state index contributed by atoms with van der Waals surface area (Å²) in [6, 6.07) is 9.41. The average Bonchev–Trinajstić information content (AvgIpc) is 2.94. The Morgan fingerprint density at radius 2 is 2.05 bits per heavy atom. The van der Waals surface area contributed by atoms with E-state index in [-0.39, 0.29) is 11.9 Å². The quantitative estimate of drug-likeness (QED) is 0.907. The monoisotopic (exact) mass is 288 g/mol. The van der Waals surface area contributed by atoms with Crippen LogP contribution in [0, 0.1) is 13.8 Å². The Bertz CT molecular complexity index is 593. The van der Waals surface area contributed by atoms with Gasteiger partial charge in [0.15, 0.2) is 0 Å². The highest BCUT2D eigenvalue weighted by atomic mass is 32.1. The molecule has 4 heteroatoms. The molecule has 0 aliphatic rings. The summed E-state index contributed by atoms with van der Waals surface area (Å²) in [6.45, 7) is 6.09. The second kappa shape index (κ2) is 6.20. The van der Waals surface area contributed by atoms with Gasteiger partial charge in [-0.15, -0.1) is 11.3 Å². The number of carbonyl (C=O) groups excluding carboxylic acids is 1. The van der Waals surface area contributed by atoms with Gasteiger partial charge in [0.2, 0.25) is 5.91 Å². The lowest BCUT2D eigenvalue weighted by Crippen LogP contribution is -2.35. The number of aryl methyl sites for hydroxylation is 2. The van der Waals surface area contributed by atoms with E-state index in [2.05, 4.69) is 37.4 Å². The zero-order valence-corrected chi connectivity index (χ0v) is 12.8. The lowest BCUT2D eigenvalue weighted by Gasteiger charge is -2.19. The maximum Gasteiger partial charge on any atom is 0.242 e. The van der Waals surface area contributed by atoms with E-state index in [1.54, 1.807) is 0 Å². The lowest BCUT2D eigenvalue weighted by molar-refractivity contribution is -0.123. The van der Waals surface area contributed by atoms with Crippen molar-refractivity contribution in [3.63, 3.8) is 0 Å². The molecule has 0 saturated carbocycles. The van der Waals surface area contributed by atoms with Gasteiger partial charge in [-0.3, -0.25) is 4.79 Å². The maximum atomic E-state index is 12.2. The van der Waals surface area contributed by atoms with Gasteiger partial charge in [-0.05, 0) is 43.3 Å². The lowest BCUT2D eigenvalue weighted by atomic mass is 10.00. The topological polar surface area (TPSA) is 55.1 Å². The molecule has 2 rings (SSSR count). The predicted molar refractivity (Wildman–Crippen MR) is 83.7 cm³/mol. The largest absolute Gasteiger partial charge is 0.348 e. The molecule has 0 spiro atoms. The first kappa shape index (κ1) is 14.8. The van der Waals surface area contributed by atoms with Crippen LogP contribution in [0.1, 0.15) is 40.6 Å². The van der Waals surface area contributed by atoms with Gasteiger partial charge >= 0.3 is 0 Å². The summed E-state index contributed by atoms with van der Waals surface area (Å²) in [5, 5.41) is 4.92. The van der Waals surface area contributed by atoms with Crippen molar-refractivity contribution in [3.05, 3.63) is 57.3 Å². The van der Waals surface area contributed by atoms with Gasteiger partial charge in [0.05, 0.1) is 6.04 Å². The van der Waals surface area contributed by atoms with Crippen LogP contribution in [0.25, 0.3) is 0 Å². The third-order valence-corrected chi connectivity index (χ3v) is 4.35. The van der Waals surface area contributed by atoms with Crippen molar-refractivity contribution in [3.8, 4) is 0 Å². The van der Waals surface area contributed by atoms with Crippen molar-refractivity contribution >= 4 is 17.2 Å². The molecule has 2 atom stereocenters. The van der Waals surface area contributed by atoms with E-state index in [1.165, 1.54) is 22.5 Å². The second-order valence-electron chi connectivity index (χ2n) is 5.08. The van der Waals surface area contributed by atoms with Crippen LogP contribution in [0.2, 0.25) is 0 Å². The molecule has 3 nitrogen and oxygen atoms in total. The van der Waals surface area contributed by atoms with Crippen molar-refractivity contribution in [1.82, 2.24) is 5.32 Å². The molecular formula is C16H20N2OS. The molecule has 0 bridgehead atoms. The third kappa shape index (κ3) is 3.26. The molecule has 20 heavy (non-hydrogen) atoms. The van der Waals surface area contributed by atoms with Crippen LogP contribution in [0.3, 0.4) is 0 Å². The summed E-state index contributed by atoms with van der Waals surface area (Å²) in [6.07, 6.45) is 0. The maximum absolute atomic E-state index is 12.2. The molecule has 1 heterocycles. The van der Waals surface area contributed by atoms with Crippen LogP contribution in [0.5, 0.6) is 0 Å². The summed E-state index contributed by atoms with van der Waals surface area (Å²) >= 11 is 1.50. The number of hydrogen-bond donors (Lipinski definition) is 2. The fourth-order valence-electron chi connectivity index (χ4n) is 2.20. The fourth-order valence-corrected chi connectivity index (χ4v) is 2.93. The van der Waals surface area contributed by atoms with Gasteiger partial charge in [-0.1, -0.05) is 29.8 Å². The summed E-state index contributed by atoms with van der Waals surface area (Å²) in [7, 11) is 0. The van der Waals surface area contributed by atoms with Gasteiger partial charge in [0.1, 0.15) is 6.04 Å². The van der Waals surface area contributed by atoms with Crippen LogP contribution in [-0.2, 0) is 4.79 Å². The van der Waals surface area contributed by atoms with Gasteiger partial charge in [0.25, 0.3) is 0 Å². The van der Waals surface area contributed by atoms with Gasteiger partial charge < -0.3 is 11.1 Å². The van der Waals surface area contributed by atoms with E-state index >= 15 is 0 Å². The summed E-state index contributed by atoms with van der Waals surface area (Å²) < 4.78 is 0. The Kier molecular flexibility index (Phi) is 4.57. The minimum Gasteiger partial charge on any atom is -0.348 e. The Labute approximate surface area is 123 Å². The normalized spacial score (nSPS) is 13.8. The first-order valence-electron chi connectivity index (χ1n) is 6.65. The van der Waals surface area contributed by atoms with Crippen LogP contribution >= 0.6 is 11.3 Å². The van der Waals surface area contributed by atoms with Gasteiger partial charge in [-0.2, -0.15) is 0 Å². The number of carbonyl (C=O) groups is 1.